The molecule has 1 heterocycles. The first-order valence-corrected chi connectivity index (χ1v) is 5.39. The molecule has 0 saturated heterocycles. The Hall–Kier alpha value is -0.960. The number of allylic oxidation sites excluding steroid dienone is 1. The molecule has 0 amide bonds. The molecule has 0 aliphatic carbocycles. The molecule has 0 radical (unpaired) electrons. The first-order valence-electron chi connectivity index (χ1n) is 4.94. The van der Waals surface area contributed by atoms with Crippen molar-refractivity contribution < 1.29 is 0 Å². The summed E-state index contributed by atoms with van der Waals surface area (Å²) < 4.78 is 0. The van der Waals surface area contributed by atoms with Crippen LogP contribution >= 0.6 is 12.6 Å². The molecule has 0 unspecified atom stereocenters. The summed E-state index contributed by atoms with van der Waals surface area (Å²) in [5, 5.41) is 0. The summed E-state index contributed by atoms with van der Waals surface area (Å²) in [4.78, 5) is 5.18. The maximum absolute atomic E-state index is 5.71. The van der Waals surface area contributed by atoms with Gasteiger partial charge in [0.1, 0.15) is 0 Å². The maximum Gasteiger partial charge on any atom is 0.0463 e. The summed E-state index contributed by atoms with van der Waals surface area (Å²) in [5.74, 6) is 0. The lowest BCUT2D eigenvalue weighted by molar-refractivity contribution is 0.569. The van der Waals surface area contributed by atoms with Gasteiger partial charge in [0.2, 0.25) is 0 Å². The van der Waals surface area contributed by atoms with Crippen LogP contribution < -0.4 is 5.73 Å². The molecule has 1 aromatic heterocycles. The number of hydrogen-bond donors (Lipinski definition) is 2. The minimum absolute atomic E-state index is 0.0482. The van der Waals surface area contributed by atoms with Crippen molar-refractivity contribution in [2.24, 2.45) is 5.73 Å². The fourth-order valence-electron chi connectivity index (χ4n) is 1.22. The summed E-state index contributed by atoms with van der Waals surface area (Å²) in [7, 11) is 0. The molecule has 15 heavy (non-hydrogen) atoms. The van der Waals surface area contributed by atoms with E-state index in [0.717, 1.165) is 21.9 Å². The van der Waals surface area contributed by atoms with Gasteiger partial charge in [0.15, 0.2) is 0 Å². The molecular weight excluding hydrogens is 204 g/mol. The van der Waals surface area contributed by atoms with E-state index in [9.17, 15) is 0 Å². The molecule has 1 aromatic rings. The Morgan fingerprint density at radius 1 is 1.40 bits per heavy atom. The van der Waals surface area contributed by atoms with Gasteiger partial charge in [0, 0.05) is 27.9 Å². The predicted octanol–water partition coefficient (Wildman–Crippen LogP) is 2.96. The molecule has 0 aliphatic rings. The van der Waals surface area contributed by atoms with Gasteiger partial charge in [-0.2, -0.15) is 0 Å². The second kappa shape index (κ2) is 4.27. The smallest absolute Gasteiger partial charge is 0.0463 e. The van der Waals surface area contributed by atoms with E-state index >= 15 is 0 Å². The number of rotatable bonds is 1. The Morgan fingerprint density at radius 3 is 2.47 bits per heavy atom. The first kappa shape index (κ1) is 12.1. The van der Waals surface area contributed by atoms with E-state index in [0.29, 0.717) is 0 Å². The minimum atomic E-state index is 0.0482. The quantitative estimate of drug-likeness (QED) is 0.717. The van der Waals surface area contributed by atoms with Crippen LogP contribution in [0.2, 0.25) is 0 Å². The summed E-state index contributed by atoms with van der Waals surface area (Å²) in [6, 6.07) is 3.96. The lowest BCUT2D eigenvalue weighted by Crippen LogP contribution is -2.13. The highest BCUT2D eigenvalue weighted by Crippen LogP contribution is 2.25. The molecule has 82 valence electrons. The van der Waals surface area contributed by atoms with Crippen LogP contribution in [0.1, 0.15) is 39.0 Å². The molecule has 1 rings (SSSR count). The van der Waals surface area contributed by atoms with Crippen LogP contribution in [0, 0.1) is 0 Å². The fourth-order valence-corrected chi connectivity index (χ4v) is 1.35. The van der Waals surface area contributed by atoms with Crippen LogP contribution in [-0.4, -0.2) is 4.98 Å². The molecule has 0 saturated carbocycles. The third-order valence-corrected chi connectivity index (χ3v) is 2.79. The monoisotopic (exact) mass is 222 g/mol. The molecule has 0 aromatic carbocycles. The third kappa shape index (κ3) is 2.99. The molecule has 0 aliphatic heterocycles. The second-order valence-electron chi connectivity index (χ2n) is 4.71. The van der Waals surface area contributed by atoms with Gasteiger partial charge in [-0.1, -0.05) is 20.8 Å². The van der Waals surface area contributed by atoms with Crippen LogP contribution in [0.5, 0.6) is 0 Å². The zero-order valence-corrected chi connectivity index (χ0v) is 10.6. The summed E-state index contributed by atoms with van der Waals surface area (Å²) >= 11 is 4.38. The molecular formula is C12H18N2S. The molecule has 2 nitrogen and oxygen atoms in total. The van der Waals surface area contributed by atoms with Gasteiger partial charge in [-0.05, 0) is 24.6 Å². The van der Waals surface area contributed by atoms with Gasteiger partial charge >= 0.3 is 0 Å². The lowest BCUT2D eigenvalue weighted by Gasteiger charge is -2.18. The zero-order chi connectivity index (χ0) is 11.6. The van der Waals surface area contributed by atoms with Gasteiger partial charge < -0.3 is 5.73 Å². The van der Waals surface area contributed by atoms with E-state index < -0.39 is 0 Å². The summed E-state index contributed by atoms with van der Waals surface area (Å²) in [6.07, 6.45) is 1.80. The predicted molar refractivity (Wildman–Crippen MR) is 68.7 cm³/mol. The van der Waals surface area contributed by atoms with Gasteiger partial charge in [-0.15, -0.1) is 12.6 Å². The van der Waals surface area contributed by atoms with Crippen LogP contribution in [-0.2, 0) is 5.41 Å². The van der Waals surface area contributed by atoms with Crippen molar-refractivity contribution in [1.29, 1.82) is 0 Å². The molecule has 0 fully saturated rings. The van der Waals surface area contributed by atoms with Crippen molar-refractivity contribution in [3.8, 4) is 0 Å². The minimum Gasteiger partial charge on any atom is -0.401 e. The van der Waals surface area contributed by atoms with E-state index in [-0.39, 0.29) is 5.41 Å². The van der Waals surface area contributed by atoms with Crippen molar-refractivity contribution >= 4 is 17.5 Å². The Morgan fingerprint density at radius 2 is 2.00 bits per heavy atom. The standard InChI is InChI=1S/C12H18N2S/c1-8(13)11(15)9-5-6-14-10(7-9)12(2,3)4/h5-7,15H,13H2,1-4H3/b11-8-. The topological polar surface area (TPSA) is 38.9 Å². The highest BCUT2D eigenvalue weighted by Gasteiger charge is 2.15. The highest BCUT2D eigenvalue weighted by molar-refractivity contribution is 7.90. The number of aromatic nitrogens is 1. The SMILES string of the molecule is C/C(N)=C(/S)c1ccnc(C(C)(C)C)c1. The van der Waals surface area contributed by atoms with Crippen molar-refractivity contribution in [3.05, 3.63) is 35.3 Å². The average molecular weight is 222 g/mol. The fraction of sp³-hybridized carbons (Fsp3) is 0.417. The Balaban J connectivity index is 3.21. The number of nitrogens with two attached hydrogens (primary N) is 1. The largest absolute Gasteiger partial charge is 0.401 e. The normalized spacial score (nSPS) is 13.7. The van der Waals surface area contributed by atoms with E-state index in [2.05, 4.69) is 38.4 Å². The average Bonchev–Trinajstić information content (AvgIpc) is 2.15. The van der Waals surface area contributed by atoms with Gasteiger partial charge in [-0.3, -0.25) is 4.98 Å². The number of nitrogens with zero attached hydrogens (tertiary/aromatic N) is 1. The molecule has 2 N–H and O–H groups in total. The first-order chi connectivity index (χ1) is 6.82. The second-order valence-corrected chi connectivity index (χ2v) is 5.16. The van der Waals surface area contributed by atoms with E-state index in [4.69, 9.17) is 5.73 Å². The Labute approximate surface area is 97.0 Å². The molecule has 3 heteroatoms. The number of pyridine rings is 1. The molecule has 0 bridgehead atoms. The summed E-state index contributed by atoms with van der Waals surface area (Å²) in [6.45, 7) is 8.25. The van der Waals surface area contributed by atoms with Crippen molar-refractivity contribution in [2.45, 2.75) is 33.1 Å². The van der Waals surface area contributed by atoms with Crippen LogP contribution in [0.25, 0.3) is 4.91 Å². The van der Waals surface area contributed by atoms with E-state index in [1.54, 1.807) is 6.20 Å². The molecule has 0 atom stereocenters. The van der Waals surface area contributed by atoms with Gasteiger partial charge in [0.05, 0.1) is 0 Å². The third-order valence-electron chi connectivity index (χ3n) is 2.18. The van der Waals surface area contributed by atoms with Crippen molar-refractivity contribution in [1.82, 2.24) is 4.98 Å². The Kier molecular flexibility index (Phi) is 3.45. The van der Waals surface area contributed by atoms with E-state index in [1.807, 2.05) is 19.1 Å². The lowest BCUT2D eigenvalue weighted by atomic mass is 9.91. The van der Waals surface area contributed by atoms with Crippen LogP contribution in [0.15, 0.2) is 24.0 Å². The molecule has 0 spiro atoms. The van der Waals surface area contributed by atoms with Crippen molar-refractivity contribution in [2.75, 3.05) is 0 Å². The number of thiol groups is 1. The number of hydrogen-bond acceptors (Lipinski definition) is 3. The zero-order valence-electron chi connectivity index (χ0n) is 9.70. The van der Waals surface area contributed by atoms with Gasteiger partial charge in [0.25, 0.3) is 0 Å². The highest BCUT2D eigenvalue weighted by atomic mass is 32.1. The van der Waals surface area contributed by atoms with Gasteiger partial charge in [-0.25, -0.2) is 0 Å². The van der Waals surface area contributed by atoms with Crippen molar-refractivity contribution in [3.63, 3.8) is 0 Å². The Bertz CT molecular complexity index is 385. The van der Waals surface area contributed by atoms with Crippen LogP contribution in [0.3, 0.4) is 0 Å². The van der Waals surface area contributed by atoms with Crippen LogP contribution in [0.4, 0.5) is 0 Å². The van der Waals surface area contributed by atoms with E-state index in [1.165, 1.54) is 0 Å². The summed E-state index contributed by atoms with van der Waals surface area (Å²) in [5.41, 5.74) is 8.56. The maximum atomic E-state index is 5.71.